The molecule has 0 bridgehead atoms. The maximum absolute atomic E-state index is 13.6. The Bertz CT molecular complexity index is 1750. The van der Waals surface area contributed by atoms with Gasteiger partial charge in [-0.1, -0.05) is 36.4 Å². The molecule has 1 unspecified atom stereocenters. The monoisotopic (exact) mass is 573 g/mol. The summed E-state index contributed by atoms with van der Waals surface area (Å²) in [7, 11) is -3.99. The number of carbonyl (C=O) groups is 1. The summed E-state index contributed by atoms with van der Waals surface area (Å²) in [6, 6.07) is 20.2. The van der Waals surface area contributed by atoms with Crippen molar-refractivity contribution in [3.63, 3.8) is 0 Å². The lowest BCUT2D eigenvalue weighted by Gasteiger charge is -2.30. The number of hydrogen-bond donors (Lipinski definition) is 2. The number of rotatable bonds is 7. The van der Waals surface area contributed by atoms with Gasteiger partial charge in [-0.25, -0.2) is 13.2 Å². The molecule has 2 N–H and O–H groups in total. The first-order chi connectivity index (χ1) is 19.3. The Morgan fingerprint density at radius 3 is 2.44 bits per heavy atom. The Morgan fingerprint density at radius 2 is 1.73 bits per heavy atom. The number of sulfonamides is 1. The molecule has 0 aliphatic carbocycles. The van der Waals surface area contributed by atoms with Gasteiger partial charge in [0, 0.05) is 5.56 Å². The summed E-state index contributed by atoms with van der Waals surface area (Å²) >= 11 is 0. The molecule has 0 spiro atoms. The molecule has 1 aliphatic heterocycles. The van der Waals surface area contributed by atoms with Gasteiger partial charge in [-0.2, -0.15) is 0 Å². The molecule has 1 aliphatic rings. The zero-order valence-corrected chi connectivity index (χ0v) is 24.8. The van der Waals surface area contributed by atoms with Gasteiger partial charge in [0.05, 0.1) is 22.8 Å². The van der Waals surface area contributed by atoms with E-state index in [4.69, 9.17) is 9.47 Å². The van der Waals surface area contributed by atoms with Crippen molar-refractivity contribution in [2.75, 3.05) is 11.3 Å². The minimum absolute atomic E-state index is 0.120. The molecule has 0 saturated carbocycles. The van der Waals surface area contributed by atoms with Crippen LogP contribution in [0.3, 0.4) is 0 Å². The van der Waals surface area contributed by atoms with E-state index in [2.05, 4.69) is 4.72 Å². The molecule has 8 heteroatoms. The highest BCUT2D eigenvalue weighted by molar-refractivity contribution is 7.92. The number of benzene rings is 4. The predicted octanol–water partition coefficient (Wildman–Crippen LogP) is 7.19. The van der Waals surface area contributed by atoms with E-state index in [1.54, 1.807) is 52.0 Å². The molecule has 0 saturated heterocycles. The first kappa shape index (κ1) is 28.6. The van der Waals surface area contributed by atoms with Crippen molar-refractivity contribution in [1.82, 2.24) is 0 Å². The van der Waals surface area contributed by atoms with Gasteiger partial charge in [-0.3, -0.25) is 4.72 Å². The number of carboxylic acid groups (broad SMARTS) is 1. The summed E-state index contributed by atoms with van der Waals surface area (Å²) in [4.78, 5) is 12.8. The minimum atomic E-state index is -3.99. The highest BCUT2D eigenvalue weighted by atomic mass is 32.2. The van der Waals surface area contributed by atoms with Gasteiger partial charge in [-0.05, 0) is 116 Å². The Kier molecular flexibility index (Phi) is 7.57. The van der Waals surface area contributed by atoms with E-state index in [1.165, 1.54) is 0 Å². The predicted molar refractivity (Wildman–Crippen MR) is 161 cm³/mol. The van der Waals surface area contributed by atoms with E-state index in [1.807, 2.05) is 49.4 Å². The molecule has 0 fully saturated rings. The standard InChI is InChI=1S/C33H35NO6S/c1-20-17-27(34-41(37,38)26-14-12-22-9-6-7-10-23(22)19-26)21(2)30(31(32(35)36)40-33(3,4)5)29(20)25-13-15-28-24(18-25)11-8-16-39-28/h6-7,9-10,12-15,17-19,31,34H,8,11,16H2,1-5H3,(H,35,36). The topological polar surface area (TPSA) is 102 Å². The van der Waals surface area contributed by atoms with Gasteiger partial charge in [0.2, 0.25) is 0 Å². The molecule has 0 radical (unpaired) electrons. The summed E-state index contributed by atoms with van der Waals surface area (Å²) in [5.74, 6) is -0.323. The lowest BCUT2D eigenvalue weighted by atomic mass is 9.86. The smallest absolute Gasteiger partial charge is 0.337 e. The first-order valence-electron chi connectivity index (χ1n) is 13.7. The van der Waals surface area contributed by atoms with Gasteiger partial charge in [0.25, 0.3) is 10.0 Å². The van der Waals surface area contributed by atoms with Gasteiger partial charge in [0.1, 0.15) is 5.75 Å². The molecule has 1 atom stereocenters. The van der Waals surface area contributed by atoms with E-state index >= 15 is 0 Å². The van der Waals surface area contributed by atoms with E-state index < -0.39 is 27.7 Å². The molecule has 0 amide bonds. The summed E-state index contributed by atoms with van der Waals surface area (Å²) in [6.45, 7) is 9.66. The van der Waals surface area contributed by atoms with Crippen LogP contribution in [0.15, 0.2) is 71.6 Å². The molecule has 1 heterocycles. The molecular weight excluding hydrogens is 538 g/mol. The molecule has 41 heavy (non-hydrogen) atoms. The first-order valence-corrected chi connectivity index (χ1v) is 15.1. The van der Waals surface area contributed by atoms with Gasteiger partial charge in [-0.15, -0.1) is 0 Å². The van der Waals surface area contributed by atoms with Crippen molar-refractivity contribution in [3.05, 3.63) is 89.0 Å². The number of hydrogen-bond acceptors (Lipinski definition) is 5. The van der Waals surface area contributed by atoms with E-state index in [9.17, 15) is 18.3 Å². The van der Waals surface area contributed by atoms with Crippen LogP contribution in [0.4, 0.5) is 5.69 Å². The summed E-state index contributed by atoms with van der Waals surface area (Å²) in [5.41, 5.74) is 3.76. The van der Waals surface area contributed by atoms with Crippen LogP contribution in [0.2, 0.25) is 0 Å². The Balaban J connectivity index is 1.67. The maximum atomic E-state index is 13.6. The molecule has 7 nitrogen and oxygen atoms in total. The number of aryl methyl sites for hydroxylation is 2. The SMILES string of the molecule is Cc1cc(NS(=O)(=O)c2ccc3ccccc3c2)c(C)c(C(OC(C)(C)C)C(=O)O)c1-c1ccc2c(c1)CCCO2. The van der Waals surface area contributed by atoms with Crippen LogP contribution in [0.25, 0.3) is 21.9 Å². The third kappa shape index (κ3) is 5.94. The molecule has 4 aromatic carbocycles. The molecular formula is C33H35NO6S. The van der Waals surface area contributed by atoms with Crippen LogP contribution in [-0.2, 0) is 26.0 Å². The number of aliphatic carboxylic acids is 1. The number of ether oxygens (including phenoxy) is 2. The summed E-state index contributed by atoms with van der Waals surface area (Å²) in [6.07, 6.45) is 0.434. The molecule has 214 valence electrons. The van der Waals surface area contributed by atoms with E-state index in [-0.39, 0.29) is 4.90 Å². The fourth-order valence-electron chi connectivity index (χ4n) is 5.40. The Labute approximate surface area is 241 Å². The second kappa shape index (κ2) is 10.8. The van der Waals surface area contributed by atoms with Crippen molar-refractivity contribution in [3.8, 4) is 16.9 Å². The van der Waals surface area contributed by atoms with Crippen LogP contribution in [0.1, 0.15) is 55.5 Å². The van der Waals surface area contributed by atoms with E-state index in [0.717, 1.165) is 46.1 Å². The lowest BCUT2D eigenvalue weighted by molar-refractivity contribution is -0.160. The maximum Gasteiger partial charge on any atom is 0.337 e. The zero-order chi connectivity index (χ0) is 29.5. The van der Waals surface area contributed by atoms with Crippen molar-refractivity contribution in [1.29, 1.82) is 0 Å². The van der Waals surface area contributed by atoms with Gasteiger partial charge < -0.3 is 14.6 Å². The third-order valence-corrected chi connectivity index (χ3v) is 8.63. The number of carboxylic acids is 1. The Hall–Kier alpha value is -3.88. The summed E-state index contributed by atoms with van der Waals surface area (Å²) in [5, 5.41) is 12.1. The minimum Gasteiger partial charge on any atom is -0.493 e. The fraction of sp³-hybridized carbons (Fsp3) is 0.303. The molecule has 4 aromatic rings. The van der Waals surface area contributed by atoms with Crippen LogP contribution in [0, 0.1) is 13.8 Å². The number of nitrogens with one attached hydrogen (secondary N) is 1. The van der Waals surface area contributed by atoms with Crippen molar-refractivity contribution in [2.24, 2.45) is 0 Å². The summed E-state index contributed by atoms with van der Waals surface area (Å²) < 4.78 is 41.8. The molecule has 5 rings (SSSR count). The van der Waals surface area contributed by atoms with Crippen molar-refractivity contribution < 1.29 is 27.8 Å². The van der Waals surface area contributed by atoms with Crippen molar-refractivity contribution >= 4 is 32.5 Å². The highest BCUT2D eigenvalue weighted by Gasteiger charge is 2.33. The fourth-order valence-corrected chi connectivity index (χ4v) is 6.55. The highest BCUT2D eigenvalue weighted by Crippen LogP contribution is 2.42. The quantitative estimate of drug-likeness (QED) is 0.243. The normalized spacial score (nSPS) is 14.3. The van der Waals surface area contributed by atoms with Crippen molar-refractivity contribution in [2.45, 2.75) is 64.1 Å². The van der Waals surface area contributed by atoms with Crippen LogP contribution in [-0.4, -0.2) is 31.7 Å². The van der Waals surface area contributed by atoms with Gasteiger partial charge >= 0.3 is 5.97 Å². The van der Waals surface area contributed by atoms with E-state index in [0.29, 0.717) is 29.0 Å². The van der Waals surface area contributed by atoms with Gasteiger partial charge in [0.15, 0.2) is 6.10 Å². The number of fused-ring (bicyclic) bond motifs is 2. The molecule has 0 aromatic heterocycles. The lowest BCUT2D eigenvalue weighted by Crippen LogP contribution is -2.28. The second-order valence-electron chi connectivity index (χ2n) is 11.5. The Morgan fingerprint density at radius 1 is 1.00 bits per heavy atom. The zero-order valence-electron chi connectivity index (χ0n) is 23.9. The van der Waals surface area contributed by atoms with Crippen LogP contribution < -0.4 is 9.46 Å². The van der Waals surface area contributed by atoms with Crippen LogP contribution in [0.5, 0.6) is 5.75 Å². The largest absolute Gasteiger partial charge is 0.493 e. The second-order valence-corrected chi connectivity index (χ2v) is 13.2. The average molecular weight is 574 g/mol. The number of anilines is 1. The third-order valence-electron chi connectivity index (χ3n) is 7.26. The van der Waals surface area contributed by atoms with Crippen LogP contribution >= 0.6 is 0 Å². The average Bonchev–Trinajstić information content (AvgIpc) is 2.92.